The van der Waals surface area contributed by atoms with Gasteiger partial charge in [-0.15, -0.1) is 0 Å². The van der Waals surface area contributed by atoms with Crippen LogP contribution in [-0.2, 0) is 9.57 Å². The van der Waals surface area contributed by atoms with Crippen molar-refractivity contribution in [2.75, 3.05) is 6.79 Å². The van der Waals surface area contributed by atoms with Gasteiger partial charge in [-0.05, 0) is 13.8 Å². The third kappa shape index (κ3) is 2.27. The van der Waals surface area contributed by atoms with Gasteiger partial charge in [0.1, 0.15) is 6.04 Å². The van der Waals surface area contributed by atoms with Gasteiger partial charge in [0.25, 0.3) is 0 Å². The molecule has 0 aromatic rings. The van der Waals surface area contributed by atoms with Crippen LogP contribution in [0.2, 0.25) is 0 Å². The summed E-state index contributed by atoms with van der Waals surface area (Å²) in [6.07, 6.45) is 0. The van der Waals surface area contributed by atoms with Crippen LogP contribution in [0.15, 0.2) is 5.11 Å². The van der Waals surface area contributed by atoms with Crippen molar-refractivity contribution in [1.82, 2.24) is 5.17 Å². The van der Waals surface area contributed by atoms with Gasteiger partial charge in [0, 0.05) is 12.0 Å². The Morgan fingerprint density at radius 3 is 2.69 bits per heavy atom. The minimum atomic E-state index is -1.75. The highest BCUT2D eigenvalue weighted by molar-refractivity contribution is 4.49. The molecular weight excluding hydrogens is 178 g/mol. The summed E-state index contributed by atoms with van der Waals surface area (Å²) in [5.74, 6) is -1.75. The highest BCUT2D eigenvalue weighted by atomic mass is 16.9. The van der Waals surface area contributed by atoms with Gasteiger partial charge < -0.3 is 10.3 Å². The topological polar surface area (TPSA) is 80.4 Å². The van der Waals surface area contributed by atoms with Crippen LogP contribution in [-0.4, -0.2) is 34.0 Å². The summed E-state index contributed by atoms with van der Waals surface area (Å²) in [4.78, 5) is 4.89. The maximum atomic E-state index is 11.2. The van der Waals surface area contributed by atoms with Crippen molar-refractivity contribution in [3.05, 3.63) is 5.21 Å². The Morgan fingerprint density at radius 1 is 1.69 bits per heavy atom. The monoisotopic (exact) mass is 191 g/mol. The predicted octanol–water partition coefficient (Wildman–Crippen LogP) is 0.160. The van der Waals surface area contributed by atoms with E-state index in [1.54, 1.807) is 13.8 Å². The van der Waals surface area contributed by atoms with E-state index < -0.39 is 5.91 Å². The number of hydrazine groups is 1. The third-order valence-corrected chi connectivity index (χ3v) is 1.35. The fourth-order valence-electron chi connectivity index (χ4n) is 0.815. The summed E-state index contributed by atoms with van der Waals surface area (Å²) in [5.41, 5.74) is 0. The molecular formula is C6H13N3O4. The van der Waals surface area contributed by atoms with E-state index in [4.69, 9.17) is 9.57 Å². The number of hydrogen-bond acceptors (Lipinski definition) is 5. The standard InChI is InChI=1S/C6H13N3O4/c1-5(2)7-9(11)8-6(3,10)12-4-13-8/h5,10H,4H2,1-3H3/b9-7-. The summed E-state index contributed by atoms with van der Waals surface area (Å²) in [7, 11) is 0. The van der Waals surface area contributed by atoms with Gasteiger partial charge in [-0.3, -0.25) is 4.74 Å². The van der Waals surface area contributed by atoms with Crippen LogP contribution in [0.5, 0.6) is 0 Å². The van der Waals surface area contributed by atoms with Crippen LogP contribution in [0.1, 0.15) is 20.8 Å². The van der Waals surface area contributed by atoms with Crippen LogP contribution in [0.25, 0.3) is 0 Å². The first kappa shape index (κ1) is 10.2. The molecule has 0 spiro atoms. The number of rotatable bonds is 2. The summed E-state index contributed by atoms with van der Waals surface area (Å²) in [6, 6.07) is -0.183. The first-order valence-corrected chi connectivity index (χ1v) is 3.91. The summed E-state index contributed by atoms with van der Waals surface area (Å²) >= 11 is 0. The van der Waals surface area contributed by atoms with Gasteiger partial charge in [0.2, 0.25) is 0 Å². The first-order chi connectivity index (χ1) is 5.93. The van der Waals surface area contributed by atoms with E-state index in [1.165, 1.54) is 6.92 Å². The highest BCUT2D eigenvalue weighted by Gasteiger charge is 2.45. The average molecular weight is 191 g/mol. The lowest BCUT2D eigenvalue weighted by Crippen LogP contribution is -2.45. The van der Waals surface area contributed by atoms with Crippen molar-refractivity contribution in [2.24, 2.45) is 5.11 Å². The molecule has 0 radical (unpaired) electrons. The Kier molecular flexibility index (Phi) is 2.69. The zero-order chi connectivity index (χ0) is 10.1. The second-order valence-corrected chi connectivity index (χ2v) is 3.06. The van der Waals surface area contributed by atoms with E-state index >= 15 is 0 Å². The lowest BCUT2D eigenvalue weighted by molar-refractivity contribution is -0.788. The Morgan fingerprint density at radius 2 is 2.31 bits per heavy atom. The van der Waals surface area contributed by atoms with Crippen molar-refractivity contribution < 1.29 is 19.7 Å². The SMILES string of the molecule is CC(C)/N=[N+](\[O-])N1OCOC1(C)O. The van der Waals surface area contributed by atoms with Gasteiger partial charge >= 0.3 is 5.91 Å². The molecule has 0 aliphatic carbocycles. The molecule has 1 N–H and O–H groups in total. The minimum absolute atomic E-state index is 0.167. The molecule has 0 amide bonds. The van der Waals surface area contributed by atoms with Crippen molar-refractivity contribution in [3.8, 4) is 0 Å². The molecule has 1 rings (SSSR count). The molecule has 1 saturated heterocycles. The summed E-state index contributed by atoms with van der Waals surface area (Å²) in [6.45, 7) is 4.59. The van der Waals surface area contributed by atoms with E-state index in [1.807, 2.05) is 0 Å². The fraction of sp³-hybridized carbons (Fsp3) is 1.00. The molecule has 0 aromatic carbocycles. The van der Waals surface area contributed by atoms with E-state index in [2.05, 4.69) is 5.11 Å². The van der Waals surface area contributed by atoms with Crippen LogP contribution in [0, 0.1) is 5.21 Å². The van der Waals surface area contributed by atoms with E-state index in [-0.39, 0.29) is 17.8 Å². The normalized spacial score (nSPS) is 30.2. The lowest BCUT2D eigenvalue weighted by atomic mass is 10.4. The molecule has 0 aromatic heterocycles. The summed E-state index contributed by atoms with van der Waals surface area (Å²) in [5, 5.41) is 24.8. The molecule has 1 fully saturated rings. The molecule has 1 atom stereocenters. The Balaban J connectivity index is 2.71. The minimum Gasteiger partial charge on any atom is -0.570 e. The van der Waals surface area contributed by atoms with Crippen molar-refractivity contribution >= 4 is 0 Å². The second-order valence-electron chi connectivity index (χ2n) is 3.06. The van der Waals surface area contributed by atoms with Crippen molar-refractivity contribution in [1.29, 1.82) is 0 Å². The molecule has 13 heavy (non-hydrogen) atoms. The molecule has 0 saturated carbocycles. The zero-order valence-electron chi connectivity index (χ0n) is 7.80. The highest BCUT2D eigenvalue weighted by Crippen LogP contribution is 2.20. The van der Waals surface area contributed by atoms with Gasteiger partial charge in [-0.1, -0.05) is 0 Å². The van der Waals surface area contributed by atoms with Crippen molar-refractivity contribution in [2.45, 2.75) is 32.7 Å². The molecule has 1 heterocycles. The molecule has 76 valence electrons. The van der Waals surface area contributed by atoms with Crippen LogP contribution >= 0.6 is 0 Å². The largest absolute Gasteiger partial charge is 0.570 e. The maximum absolute atomic E-state index is 11.2. The third-order valence-electron chi connectivity index (χ3n) is 1.35. The van der Waals surface area contributed by atoms with E-state index in [9.17, 15) is 10.3 Å². The number of hydrogen-bond donors (Lipinski definition) is 1. The van der Waals surface area contributed by atoms with Gasteiger partial charge in [-0.25, -0.2) is 0 Å². The van der Waals surface area contributed by atoms with Crippen LogP contribution in [0.4, 0.5) is 0 Å². The lowest BCUT2D eigenvalue weighted by Gasteiger charge is -2.20. The molecule has 7 nitrogen and oxygen atoms in total. The summed E-state index contributed by atoms with van der Waals surface area (Å²) < 4.78 is 4.71. The van der Waals surface area contributed by atoms with Gasteiger partial charge in [0.15, 0.2) is 6.79 Å². The number of nitrogens with zero attached hydrogens (tertiary/aromatic N) is 3. The molecule has 1 aliphatic rings. The number of ether oxygens (including phenoxy) is 1. The fourth-order valence-corrected chi connectivity index (χ4v) is 0.815. The molecule has 0 bridgehead atoms. The number of hydroxylamine groups is 1. The van der Waals surface area contributed by atoms with E-state index in [0.29, 0.717) is 5.17 Å². The zero-order valence-corrected chi connectivity index (χ0v) is 7.80. The Hall–Kier alpha value is -0.920. The van der Waals surface area contributed by atoms with Crippen molar-refractivity contribution in [3.63, 3.8) is 0 Å². The molecule has 1 aliphatic heterocycles. The Bertz CT molecular complexity index is 216. The molecule has 1 unspecified atom stereocenters. The maximum Gasteiger partial charge on any atom is 0.331 e. The molecule has 7 heteroatoms. The van der Waals surface area contributed by atoms with Gasteiger partial charge in [0.05, 0.1) is 10.1 Å². The van der Waals surface area contributed by atoms with Crippen LogP contribution in [0.3, 0.4) is 0 Å². The Labute approximate surface area is 75.7 Å². The smallest absolute Gasteiger partial charge is 0.331 e. The first-order valence-electron chi connectivity index (χ1n) is 3.91. The van der Waals surface area contributed by atoms with Gasteiger partial charge in [-0.2, -0.15) is 4.84 Å². The van der Waals surface area contributed by atoms with Crippen LogP contribution < -0.4 is 0 Å². The second kappa shape index (κ2) is 3.44. The number of aliphatic hydroxyl groups is 1. The predicted molar refractivity (Wildman–Crippen MR) is 40.7 cm³/mol. The quantitative estimate of drug-likeness (QED) is 0.382. The average Bonchev–Trinajstić information content (AvgIpc) is 2.27. The van der Waals surface area contributed by atoms with E-state index in [0.717, 1.165) is 0 Å².